The zero-order valence-electron chi connectivity index (χ0n) is 30.3. The van der Waals surface area contributed by atoms with E-state index in [4.69, 9.17) is 0 Å². The van der Waals surface area contributed by atoms with Gasteiger partial charge in [0, 0.05) is 16.8 Å². The van der Waals surface area contributed by atoms with E-state index in [1.807, 2.05) is 0 Å². The second kappa shape index (κ2) is 10.6. The standard InChI is InChI=1S/C49H47N/c1-45(2)32-46(3,4)48(6)43-31-35(27-29-44(43)50(47(48,5)33-45)38-22-14-9-15-23-38)34-26-28-40-39-24-16-17-25-41(39)49(42(40)30-34,36-18-10-7-11-19-36)37-20-12-8-13-21-37/h7-31H,32-33H2,1-6H3. The lowest BCUT2D eigenvalue weighted by Crippen LogP contribution is -2.65. The van der Waals surface area contributed by atoms with Gasteiger partial charge in [0.05, 0.1) is 11.0 Å². The molecule has 0 aromatic heterocycles. The second-order valence-electron chi connectivity index (χ2n) is 17.0. The first-order valence-corrected chi connectivity index (χ1v) is 18.4. The van der Waals surface area contributed by atoms with Crippen LogP contribution in [0, 0.1) is 10.8 Å². The lowest BCUT2D eigenvalue weighted by atomic mass is 9.45. The molecule has 2 atom stereocenters. The predicted octanol–water partition coefficient (Wildman–Crippen LogP) is 12.7. The van der Waals surface area contributed by atoms with E-state index in [-0.39, 0.29) is 21.8 Å². The van der Waals surface area contributed by atoms with Crippen molar-refractivity contribution in [1.29, 1.82) is 0 Å². The first kappa shape index (κ1) is 31.1. The fraction of sp³-hybridized carbons (Fsp3) is 0.265. The molecule has 9 rings (SSSR count). The van der Waals surface area contributed by atoms with Crippen molar-refractivity contribution in [2.45, 2.75) is 70.8 Å². The summed E-state index contributed by atoms with van der Waals surface area (Å²) in [4.78, 5) is 2.70. The Hall–Kier alpha value is -4.88. The lowest BCUT2D eigenvalue weighted by Gasteiger charge is -2.62. The van der Waals surface area contributed by atoms with Crippen LogP contribution in [-0.2, 0) is 10.8 Å². The van der Waals surface area contributed by atoms with Gasteiger partial charge in [-0.25, -0.2) is 0 Å². The molecule has 1 nitrogen and oxygen atoms in total. The number of fused-ring (bicyclic) bond motifs is 6. The van der Waals surface area contributed by atoms with Crippen molar-refractivity contribution in [2.75, 3.05) is 4.90 Å². The zero-order chi connectivity index (χ0) is 34.5. The largest absolute Gasteiger partial charge is 0.334 e. The number of nitrogens with zero attached hydrogens (tertiary/aromatic N) is 1. The monoisotopic (exact) mass is 649 g/mol. The Morgan fingerprint density at radius 1 is 0.460 bits per heavy atom. The van der Waals surface area contributed by atoms with Crippen LogP contribution in [0.4, 0.5) is 11.4 Å². The Labute approximate surface area is 298 Å². The second-order valence-corrected chi connectivity index (χ2v) is 17.0. The normalized spacial score (nSPS) is 23.4. The minimum Gasteiger partial charge on any atom is -0.334 e. The van der Waals surface area contributed by atoms with Crippen molar-refractivity contribution >= 4 is 11.4 Å². The van der Waals surface area contributed by atoms with Gasteiger partial charge in [0.1, 0.15) is 0 Å². The summed E-state index contributed by atoms with van der Waals surface area (Å²) >= 11 is 0. The minimum absolute atomic E-state index is 0.0680. The van der Waals surface area contributed by atoms with E-state index in [1.165, 1.54) is 67.9 Å². The van der Waals surface area contributed by atoms with Crippen molar-refractivity contribution in [3.8, 4) is 22.3 Å². The highest BCUT2D eigenvalue weighted by molar-refractivity contribution is 5.89. The van der Waals surface area contributed by atoms with Crippen LogP contribution in [0.15, 0.2) is 152 Å². The third kappa shape index (κ3) is 4.01. The third-order valence-electron chi connectivity index (χ3n) is 13.2. The first-order valence-electron chi connectivity index (χ1n) is 18.4. The molecule has 0 spiro atoms. The van der Waals surface area contributed by atoms with Crippen molar-refractivity contribution in [3.05, 3.63) is 179 Å². The third-order valence-corrected chi connectivity index (χ3v) is 13.2. The van der Waals surface area contributed by atoms with Gasteiger partial charge >= 0.3 is 0 Å². The van der Waals surface area contributed by atoms with E-state index in [2.05, 4.69) is 198 Å². The van der Waals surface area contributed by atoms with E-state index >= 15 is 0 Å². The molecule has 0 saturated heterocycles. The minimum atomic E-state index is -0.410. The maximum atomic E-state index is 2.70. The van der Waals surface area contributed by atoms with Gasteiger partial charge in [0.15, 0.2) is 0 Å². The summed E-state index contributed by atoms with van der Waals surface area (Å²) in [5.41, 5.74) is 14.4. The summed E-state index contributed by atoms with van der Waals surface area (Å²) < 4.78 is 0. The Morgan fingerprint density at radius 2 is 0.980 bits per heavy atom. The van der Waals surface area contributed by atoms with Crippen LogP contribution in [0.1, 0.15) is 82.2 Å². The first-order chi connectivity index (χ1) is 24.0. The highest BCUT2D eigenvalue weighted by atomic mass is 15.3. The molecule has 6 aromatic rings. The summed E-state index contributed by atoms with van der Waals surface area (Å²) in [6, 6.07) is 57.1. The van der Waals surface area contributed by atoms with Crippen molar-refractivity contribution in [2.24, 2.45) is 10.8 Å². The molecule has 0 radical (unpaired) electrons. The Bertz CT molecular complexity index is 2210. The van der Waals surface area contributed by atoms with Gasteiger partial charge in [-0.15, -0.1) is 0 Å². The molecule has 1 heteroatoms. The Balaban J connectivity index is 1.28. The van der Waals surface area contributed by atoms with Gasteiger partial charge in [0.2, 0.25) is 0 Å². The van der Waals surface area contributed by atoms with Gasteiger partial charge in [-0.3, -0.25) is 0 Å². The van der Waals surface area contributed by atoms with Gasteiger partial charge < -0.3 is 4.90 Å². The average Bonchev–Trinajstić information content (AvgIpc) is 3.52. The van der Waals surface area contributed by atoms with Gasteiger partial charge in [-0.05, 0) is 111 Å². The number of anilines is 2. The molecule has 1 fully saturated rings. The summed E-state index contributed by atoms with van der Waals surface area (Å²) in [7, 11) is 0. The number of para-hydroxylation sites is 1. The smallest absolute Gasteiger partial charge is 0.0713 e. The molecule has 1 heterocycles. The zero-order valence-corrected chi connectivity index (χ0v) is 30.3. The molecule has 6 aromatic carbocycles. The molecular formula is C49H47N. The van der Waals surface area contributed by atoms with Gasteiger partial charge in [-0.1, -0.05) is 156 Å². The van der Waals surface area contributed by atoms with Crippen LogP contribution < -0.4 is 4.90 Å². The number of benzene rings is 6. The van der Waals surface area contributed by atoms with Crippen LogP contribution in [-0.4, -0.2) is 5.54 Å². The fourth-order valence-electron chi connectivity index (χ4n) is 11.4. The van der Waals surface area contributed by atoms with E-state index in [0.29, 0.717) is 0 Å². The van der Waals surface area contributed by atoms with Crippen LogP contribution in [0.2, 0.25) is 0 Å². The lowest BCUT2D eigenvalue weighted by molar-refractivity contribution is -0.0236. The van der Waals surface area contributed by atoms with Crippen LogP contribution in [0.25, 0.3) is 22.3 Å². The molecule has 1 aliphatic heterocycles. The Morgan fingerprint density at radius 3 is 1.62 bits per heavy atom. The van der Waals surface area contributed by atoms with Crippen molar-refractivity contribution in [1.82, 2.24) is 0 Å². The summed E-state index contributed by atoms with van der Waals surface area (Å²) in [5, 5.41) is 0. The quantitative estimate of drug-likeness (QED) is 0.183. The summed E-state index contributed by atoms with van der Waals surface area (Å²) in [5.74, 6) is 0. The predicted molar refractivity (Wildman–Crippen MR) is 210 cm³/mol. The molecule has 2 aliphatic carbocycles. The van der Waals surface area contributed by atoms with Crippen LogP contribution >= 0.6 is 0 Å². The summed E-state index contributed by atoms with van der Waals surface area (Å²) in [6.07, 6.45) is 2.32. The van der Waals surface area contributed by atoms with E-state index in [1.54, 1.807) is 0 Å². The molecule has 0 amide bonds. The van der Waals surface area contributed by atoms with E-state index in [0.717, 1.165) is 6.42 Å². The molecule has 3 aliphatic rings. The van der Waals surface area contributed by atoms with E-state index in [9.17, 15) is 0 Å². The molecule has 248 valence electrons. The average molecular weight is 650 g/mol. The topological polar surface area (TPSA) is 3.24 Å². The molecule has 0 bridgehead atoms. The molecule has 0 N–H and O–H groups in total. The van der Waals surface area contributed by atoms with E-state index < -0.39 is 5.41 Å². The fourth-order valence-corrected chi connectivity index (χ4v) is 11.4. The van der Waals surface area contributed by atoms with Crippen LogP contribution in [0.5, 0.6) is 0 Å². The number of hydrogen-bond acceptors (Lipinski definition) is 1. The molecule has 50 heavy (non-hydrogen) atoms. The van der Waals surface area contributed by atoms with Crippen molar-refractivity contribution < 1.29 is 0 Å². The molecule has 1 saturated carbocycles. The number of hydrogen-bond donors (Lipinski definition) is 0. The van der Waals surface area contributed by atoms with Crippen molar-refractivity contribution in [3.63, 3.8) is 0 Å². The highest BCUT2D eigenvalue weighted by Crippen LogP contribution is 2.70. The van der Waals surface area contributed by atoms with Gasteiger partial charge in [-0.2, -0.15) is 0 Å². The number of rotatable bonds is 4. The summed E-state index contributed by atoms with van der Waals surface area (Å²) in [6.45, 7) is 15.1. The maximum absolute atomic E-state index is 2.70. The maximum Gasteiger partial charge on any atom is 0.0713 e. The SMILES string of the molecule is CC1(C)CC(C)(C)C2(C)c3cc(-c4ccc5c(c4)C(c4ccccc4)(c4ccccc4)c4ccccc4-5)ccc3N(c3ccccc3)C2(C)C1. The van der Waals surface area contributed by atoms with Gasteiger partial charge in [0.25, 0.3) is 0 Å². The molecule has 2 unspecified atom stereocenters. The highest BCUT2D eigenvalue weighted by Gasteiger charge is 2.67. The molecular weight excluding hydrogens is 603 g/mol. The Kier molecular flexibility index (Phi) is 6.58. The van der Waals surface area contributed by atoms with Crippen LogP contribution in [0.3, 0.4) is 0 Å².